The summed E-state index contributed by atoms with van der Waals surface area (Å²) in [7, 11) is -1.81. The third-order valence-electron chi connectivity index (χ3n) is 1.61. The first-order valence-electron chi connectivity index (χ1n) is 3.54. The molecule has 0 spiro atoms. The molecule has 1 rings (SSSR count). The third kappa shape index (κ3) is 1.49. The van der Waals surface area contributed by atoms with Crippen molar-refractivity contribution in [1.29, 1.82) is 0 Å². The second-order valence-electron chi connectivity index (χ2n) is 2.34. The number of nitrogens with one attached hydrogen (secondary N) is 1. The van der Waals surface area contributed by atoms with E-state index in [2.05, 4.69) is 10.2 Å². The molecule has 0 amide bonds. The van der Waals surface area contributed by atoms with E-state index in [0.717, 1.165) is 0 Å². The molecule has 0 bridgehead atoms. The van der Waals surface area contributed by atoms with Crippen LogP contribution in [0.15, 0.2) is 17.3 Å². The van der Waals surface area contributed by atoms with Crippen molar-refractivity contribution in [3.63, 3.8) is 0 Å². The molecule has 0 radical (unpaired) electrons. The third-order valence-corrected chi connectivity index (χ3v) is 3.47. The second kappa shape index (κ2) is 3.24. The smallest absolute Gasteiger partial charge is 0.259 e. The summed E-state index contributed by atoms with van der Waals surface area (Å²) in [5, 5.41) is 6.12. The molecule has 1 aromatic heterocycles. The van der Waals surface area contributed by atoms with Gasteiger partial charge in [0.2, 0.25) is 0 Å². The highest BCUT2D eigenvalue weighted by atomic mass is 32.2. The van der Waals surface area contributed by atoms with Crippen molar-refractivity contribution in [3.05, 3.63) is 12.3 Å². The van der Waals surface area contributed by atoms with Gasteiger partial charge in [-0.2, -0.15) is 9.40 Å². The van der Waals surface area contributed by atoms with E-state index in [1.807, 2.05) is 0 Å². The van der Waals surface area contributed by atoms with Gasteiger partial charge in [-0.1, -0.05) is 6.92 Å². The number of hydrogen-bond acceptors (Lipinski definition) is 3. The van der Waals surface area contributed by atoms with Crippen LogP contribution < -0.4 is 0 Å². The lowest BCUT2D eigenvalue weighted by Crippen LogP contribution is -2.26. The van der Waals surface area contributed by atoms with E-state index in [1.165, 1.54) is 23.6 Å². The first kappa shape index (κ1) is 9.21. The quantitative estimate of drug-likeness (QED) is 0.730. The maximum atomic E-state index is 11.5. The zero-order chi connectivity index (χ0) is 9.19. The number of sulfonamides is 1. The van der Waals surface area contributed by atoms with Gasteiger partial charge in [0.1, 0.15) is 0 Å². The minimum Gasteiger partial charge on any atom is -0.266 e. The highest BCUT2D eigenvalue weighted by Crippen LogP contribution is 2.08. The minimum atomic E-state index is -3.33. The highest BCUT2D eigenvalue weighted by Gasteiger charge is 2.19. The van der Waals surface area contributed by atoms with Gasteiger partial charge in [-0.15, -0.1) is 0 Å². The van der Waals surface area contributed by atoms with Crippen molar-refractivity contribution < 1.29 is 8.42 Å². The summed E-state index contributed by atoms with van der Waals surface area (Å²) in [6.45, 7) is 2.22. The average molecular weight is 189 g/mol. The summed E-state index contributed by atoms with van der Waals surface area (Å²) in [6, 6.07) is 1.43. The van der Waals surface area contributed by atoms with Crippen LogP contribution in [0.5, 0.6) is 0 Å². The first-order chi connectivity index (χ1) is 5.59. The van der Waals surface area contributed by atoms with Crippen LogP contribution in [0.2, 0.25) is 0 Å². The summed E-state index contributed by atoms with van der Waals surface area (Å²) in [4.78, 5) is 0. The summed E-state index contributed by atoms with van der Waals surface area (Å²) in [5.74, 6) is 0. The number of aromatic nitrogens is 2. The molecule has 0 aromatic carbocycles. The first-order valence-corrected chi connectivity index (χ1v) is 4.98. The Morgan fingerprint density at radius 1 is 1.67 bits per heavy atom. The Kier molecular flexibility index (Phi) is 2.49. The van der Waals surface area contributed by atoms with Crippen LogP contribution in [-0.2, 0) is 10.0 Å². The molecule has 12 heavy (non-hydrogen) atoms. The fourth-order valence-corrected chi connectivity index (χ4v) is 1.80. The van der Waals surface area contributed by atoms with E-state index < -0.39 is 10.0 Å². The van der Waals surface area contributed by atoms with Gasteiger partial charge in [0.15, 0.2) is 5.03 Å². The molecular formula is C6H11N3O2S. The van der Waals surface area contributed by atoms with Gasteiger partial charge in [0.25, 0.3) is 10.0 Å². The van der Waals surface area contributed by atoms with E-state index in [-0.39, 0.29) is 5.03 Å². The molecule has 0 fully saturated rings. The van der Waals surface area contributed by atoms with Crippen LogP contribution in [0.3, 0.4) is 0 Å². The predicted molar refractivity (Wildman–Crippen MR) is 44.1 cm³/mol. The van der Waals surface area contributed by atoms with Gasteiger partial charge in [-0.25, -0.2) is 8.42 Å². The predicted octanol–water partition coefficient (Wildman–Crippen LogP) is 0.0501. The summed E-state index contributed by atoms with van der Waals surface area (Å²) in [5.41, 5.74) is 0. The fraction of sp³-hybridized carbons (Fsp3) is 0.500. The van der Waals surface area contributed by atoms with E-state index >= 15 is 0 Å². The standard InChI is InChI=1S/C6H11N3O2S/c1-3-9(2)12(10,11)6-4-5-7-8-6/h4-5H,3H2,1-2H3,(H,7,8). The molecule has 0 aliphatic carbocycles. The average Bonchev–Trinajstić information content (AvgIpc) is 2.55. The zero-order valence-electron chi connectivity index (χ0n) is 6.98. The van der Waals surface area contributed by atoms with Crippen LogP contribution in [0.4, 0.5) is 0 Å². The van der Waals surface area contributed by atoms with Gasteiger partial charge in [0, 0.05) is 13.6 Å². The van der Waals surface area contributed by atoms with Crippen molar-refractivity contribution in [2.45, 2.75) is 11.9 Å². The summed E-state index contributed by atoms with van der Waals surface area (Å²) >= 11 is 0. The Morgan fingerprint density at radius 3 is 2.75 bits per heavy atom. The van der Waals surface area contributed by atoms with Gasteiger partial charge < -0.3 is 0 Å². The highest BCUT2D eigenvalue weighted by molar-refractivity contribution is 7.89. The molecule has 68 valence electrons. The molecule has 5 nitrogen and oxygen atoms in total. The van der Waals surface area contributed by atoms with E-state index in [9.17, 15) is 8.42 Å². The van der Waals surface area contributed by atoms with Crippen molar-refractivity contribution in [1.82, 2.24) is 14.5 Å². The van der Waals surface area contributed by atoms with Gasteiger partial charge >= 0.3 is 0 Å². The Hall–Kier alpha value is -0.880. The monoisotopic (exact) mass is 189 g/mol. The van der Waals surface area contributed by atoms with Crippen molar-refractivity contribution >= 4 is 10.0 Å². The van der Waals surface area contributed by atoms with Gasteiger partial charge in [-0.3, -0.25) is 5.10 Å². The maximum Gasteiger partial charge on any atom is 0.259 e. The maximum absolute atomic E-state index is 11.5. The van der Waals surface area contributed by atoms with E-state index in [4.69, 9.17) is 0 Å². The van der Waals surface area contributed by atoms with Crippen LogP contribution in [-0.4, -0.2) is 36.5 Å². The second-order valence-corrected chi connectivity index (χ2v) is 4.35. The molecule has 0 aliphatic rings. The summed E-state index contributed by atoms with van der Waals surface area (Å²) < 4.78 is 24.2. The largest absolute Gasteiger partial charge is 0.266 e. The molecule has 1 heterocycles. The Labute approximate surface area is 71.4 Å². The number of nitrogens with zero attached hydrogens (tertiary/aromatic N) is 2. The van der Waals surface area contributed by atoms with Gasteiger partial charge in [0.05, 0.1) is 6.20 Å². The number of rotatable bonds is 3. The Morgan fingerprint density at radius 2 is 2.33 bits per heavy atom. The minimum absolute atomic E-state index is 0.131. The SMILES string of the molecule is CCN(C)S(=O)(=O)c1ccn[nH]1. The van der Waals surface area contributed by atoms with E-state index in [1.54, 1.807) is 6.92 Å². The molecule has 0 atom stereocenters. The van der Waals surface area contributed by atoms with Crippen LogP contribution in [0, 0.1) is 0 Å². The van der Waals surface area contributed by atoms with Crippen LogP contribution in [0.25, 0.3) is 0 Å². The molecular weight excluding hydrogens is 178 g/mol. The molecule has 0 saturated heterocycles. The normalized spacial score (nSPS) is 12.2. The zero-order valence-corrected chi connectivity index (χ0v) is 7.80. The van der Waals surface area contributed by atoms with Crippen molar-refractivity contribution in [2.24, 2.45) is 0 Å². The lowest BCUT2D eigenvalue weighted by molar-refractivity contribution is 0.483. The number of H-pyrrole nitrogens is 1. The van der Waals surface area contributed by atoms with Gasteiger partial charge in [-0.05, 0) is 6.07 Å². The summed E-state index contributed by atoms with van der Waals surface area (Å²) in [6.07, 6.45) is 1.41. The van der Waals surface area contributed by atoms with Crippen molar-refractivity contribution in [2.75, 3.05) is 13.6 Å². The Bertz CT molecular complexity index is 330. The molecule has 1 aromatic rings. The molecule has 0 unspecified atom stereocenters. The molecule has 0 saturated carbocycles. The lowest BCUT2D eigenvalue weighted by atomic mass is 10.8. The number of aromatic amines is 1. The number of hydrogen-bond donors (Lipinski definition) is 1. The lowest BCUT2D eigenvalue weighted by Gasteiger charge is -2.12. The van der Waals surface area contributed by atoms with Crippen LogP contribution in [0.1, 0.15) is 6.92 Å². The van der Waals surface area contributed by atoms with E-state index in [0.29, 0.717) is 6.54 Å². The molecule has 6 heteroatoms. The fourth-order valence-electron chi connectivity index (χ4n) is 0.725. The van der Waals surface area contributed by atoms with Crippen LogP contribution >= 0.6 is 0 Å². The van der Waals surface area contributed by atoms with Crippen molar-refractivity contribution in [3.8, 4) is 0 Å². The Balaban J connectivity index is 3.03. The molecule has 0 aliphatic heterocycles. The molecule has 1 N–H and O–H groups in total. The topological polar surface area (TPSA) is 66.1 Å².